The predicted molar refractivity (Wildman–Crippen MR) is 81.1 cm³/mol. The van der Waals surface area contributed by atoms with Gasteiger partial charge >= 0.3 is 0 Å². The molecule has 1 aliphatic carbocycles. The van der Waals surface area contributed by atoms with Crippen molar-refractivity contribution in [3.63, 3.8) is 0 Å². The summed E-state index contributed by atoms with van der Waals surface area (Å²) in [5, 5.41) is 3.60. The summed E-state index contributed by atoms with van der Waals surface area (Å²) >= 11 is 0. The highest BCUT2D eigenvalue weighted by molar-refractivity contribution is 4.78. The van der Waals surface area contributed by atoms with E-state index >= 15 is 0 Å². The first kappa shape index (κ1) is 16.0. The highest BCUT2D eigenvalue weighted by Gasteiger charge is 2.21. The van der Waals surface area contributed by atoms with Gasteiger partial charge in [0.25, 0.3) is 0 Å². The fraction of sp³-hybridized carbons (Fsp3) is 1.00. The third-order valence-corrected chi connectivity index (χ3v) is 4.31. The Bertz CT molecular complexity index is 212. The molecule has 0 aliphatic heterocycles. The maximum absolute atomic E-state index is 3.60. The zero-order valence-corrected chi connectivity index (χ0v) is 13.3. The lowest BCUT2D eigenvalue weighted by Crippen LogP contribution is -2.42. The standard InChI is InChI=1S/C16H34N2/c1-14(12-13-17-16(2,3)4)18(5)15-10-8-6-7-9-11-15/h14-15,17H,6-13H2,1-5H3. The first-order valence-corrected chi connectivity index (χ1v) is 7.87. The molecule has 0 spiro atoms. The molecular weight excluding hydrogens is 220 g/mol. The van der Waals surface area contributed by atoms with Crippen LogP contribution >= 0.6 is 0 Å². The van der Waals surface area contributed by atoms with Crippen LogP contribution < -0.4 is 5.32 Å². The molecule has 1 unspecified atom stereocenters. The van der Waals surface area contributed by atoms with E-state index in [9.17, 15) is 0 Å². The van der Waals surface area contributed by atoms with Gasteiger partial charge < -0.3 is 10.2 Å². The zero-order valence-electron chi connectivity index (χ0n) is 13.3. The Morgan fingerprint density at radius 2 is 1.67 bits per heavy atom. The van der Waals surface area contributed by atoms with E-state index in [1.165, 1.54) is 44.9 Å². The van der Waals surface area contributed by atoms with Crippen LogP contribution in [0.5, 0.6) is 0 Å². The minimum Gasteiger partial charge on any atom is -0.312 e. The van der Waals surface area contributed by atoms with Crippen molar-refractivity contribution in [2.45, 2.75) is 90.3 Å². The Morgan fingerprint density at radius 1 is 1.11 bits per heavy atom. The van der Waals surface area contributed by atoms with Crippen LogP contribution in [0, 0.1) is 0 Å². The summed E-state index contributed by atoms with van der Waals surface area (Å²) in [6, 6.07) is 1.53. The molecule has 0 aromatic carbocycles. The van der Waals surface area contributed by atoms with Crippen LogP contribution in [0.25, 0.3) is 0 Å². The van der Waals surface area contributed by atoms with Gasteiger partial charge in [0.2, 0.25) is 0 Å². The normalized spacial score (nSPS) is 21.0. The van der Waals surface area contributed by atoms with E-state index in [4.69, 9.17) is 0 Å². The van der Waals surface area contributed by atoms with Crippen molar-refractivity contribution < 1.29 is 0 Å². The summed E-state index contributed by atoms with van der Waals surface area (Å²) in [5.41, 5.74) is 0.251. The number of nitrogens with one attached hydrogen (secondary N) is 1. The van der Waals surface area contributed by atoms with Crippen molar-refractivity contribution in [3.8, 4) is 0 Å². The molecule has 0 radical (unpaired) electrons. The monoisotopic (exact) mass is 254 g/mol. The summed E-state index contributed by atoms with van der Waals surface area (Å²) in [6.07, 6.45) is 9.84. The first-order valence-electron chi connectivity index (χ1n) is 7.87. The minimum atomic E-state index is 0.251. The van der Waals surface area contributed by atoms with E-state index in [1.807, 2.05) is 0 Å². The van der Waals surface area contributed by atoms with E-state index in [2.05, 4.69) is 45.0 Å². The molecule has 2 heteroatoms. The molecule has 0 amide bonds. The second-order valence-electron chi connectivity index (χ2n) is 7.13. The molecule has 1 rings (SSSR count). The number of hydrogen-bond acceptors (Lipinski definition) is 2. The van der Waals surface area contributed by atoms with Gasteiger partial charge in [-0.05, 0) is 60.5 Å². The molecule has 1 fully saturated rings. The molecule has 1 atom stereocenters. The molecule has 18 heavy (non-hydrogen) atoms. The van der Waals surface area contributed by atoms with Gasteiger partial charge in [-0.3, -0.25) is 0 Å². The van der Waals surface area contributed by atoms with E-state index in [-0.39, 0.29) is 5.54 Å². The van der Waals surface area contributed by atoms with Gasteiger partial charge in [-0.25, -0.2) is 0 Å². The quantitative estimate of drug-likeness (QED) is 0.751. The molecule has 2 nitrogen and oxygen atoms in total. The lowest BCUT2D eigenvalue weighted by Gasteiger charge is -2.33. The second kappa shape index (κ2) is 7.49. The van der Waals surface area contributed by atoms with Crippen molar-refractivity contribution in [1.82, 2.24) is 10.2 Å². The molecule has 0 aromatic rings. The third-order valence-electron chi connectivity index (χ3n) is 4.31. The summed E-state index contributed by atoms with van der Waals surface area (Å²) in [6.45, 7) is 10.2. The lowest BCUT2D eigenvalue weighted by atomic mass is 10.0. The van der Waals surface area contributed by atoms with Gasteiger partial charge in [0.1, 0.15) is 0 Å². The van der Waals surface area contributed by atoms with Crippen molar-refractivity contribution in [2.24, 2.45) is 0 Å². The number of rotatable bonds is 5. The van der Waals surface area contributed by atoms with Gasteiger partial charge in [0.15, 0.2) is 0 Å². The smallest absolute Gasteiger partial charge is 0.00965 e. The predicted octanol–water partition coefficient (Wildman–Crippen LogP) is 3.81. The Hall–Kier alpha value is -0.0800. The van der Waals surface area contributed by atoms with Crippen molar-refractivity contribution in [2.75, 3.05) is 13.6 Å². The zero-order chi connectivity index (χ0) is 13.6. The van der Waals surface area contributed by atoms with Crippen LogP contribution in [0.2, 0.25) is 0 Å². The maximum Gasteiger partial charge on any atom is 0.00965 e. The SMILES string of the molecule is CC(CCNC(C)(C)C)N(C)C1CCCCCC1. The molecule has 108 valence electrons. The van der Waals surface area contributed by atoms with Crippen LogP contribution in [0.4, 0.5) is 0 Å². The Balaban J connectivity index is 2.28. The van der Waals surface area contributed by atoms with Crippen molar-refractivity contribution in [1.29, 1.82) is 0 Å². The van der Waals surface area contributed by atoms with Crippen LogP contribution in [0.1, 0.15) is 72.6 Å². The van der Waals surface area contributed by atoms with Crippen LogP contribution in [0.3, 0.4) is 0 Å². The van der Waals surface area contributed by atoms with Gasteiger partial charge in [-0.1, -0.05) is 25.7 Å². The van der Waals surface area contributed by atoms with Crippen molar-refractivity contribution >= 4 is 0 Å². The van der Waals surface area contributed by atoms with Crippen LogP contribution in [-0.2, 0) is 0 Å². The average Bonchev–Trinajstić information content (AvgIpc) is 2.54. The van der Waals surface area contributed by atoms with Gasteiger partial charge in [0.05, 0.1) is 0 Å². The molecule has 0 bridgehead atoms. The number of hydrogen-bond donors (Lipinski definition) is 1. The van der Waals surface area contributed by atoms with Gasteiger partial charge in [-0.15, -0.1) is 0 Å². The third kappa shape index (κ3) is 6.19. The van der Waals surface area contributed by atoms with E-state index in [0.29, 0.717) is 6.04 Å². The Kier molecular flexibility index (Phi) is 6.65. The molecule has 1 saturated carbocycles. The molecule has 1 aliphatic rings. The molecular formula is C16H34N2. The molecule has 0 saturated heterocycles. The van der Waals surface area contributed by atoms with E-state index in [1.54, 1.807) is 0 Å². The fourth-order valence-electron chi connectivity index (χ4n) is 2.88. The van der Waals surface area contributed by atoms with E-state index < -0.39 is 0 Å². The summed E-state index contributed by atoms with van der Waals surface area (Å²) in [5.74, 6) is 0. The second-order valence-corrected chi connectivity index (χ2v) is 7.13. The average molecular weight is 254 g/mol. The minimum absolute atomic E-state index is 0.251. The Labute approximate surface area is 115 Å². The van der Waals surface area contributed by atoms with Crippen LogP contribution in [0.15, 0.2) is 0 Å². The Morgan fingerprint density at radius 3 is 2.17 bits per heavy atom. The summed E-state index contributed by atoms with van der Waals surface area (Å²) in [4.78, 5) is 2.63. The fourth-order valence-corrected chi connectivity index (χ4v) is 2.88. The maximum atomic E-state index is 3.60. The lowest BCUT2D eigenvalue weighted by molar-refractivity contribution is 0.158. The molecule has 0 aromatic heterocycles. The topological polar surface area (TPSA) is 15.3 Å². The summed E-state index contributed by atoms with van der Waals surface area (Å²) < 4.78 is 0. The highest BCUT2D eigenvalue weighted by Crippen LogP contribution is 2.22. The van der Waals surface area contributed by atoms with Gasteiger partial charge in [-0.2, -0.15) is 0 Å². The van der Waals surface area contributed by atoms with E-state index in [0.717, 1.165) is 12.6 Å². The number of nitrogens with zero attached hydrogens (tertiary/aromatic N) is 1. The van der Waals surface area contributed by atoms with Crippen molar-refractivity contribution in [3.05, 3.63) is 0 Å². The van der Waals surface area contributed by atoms with Crippen LogP contribution in [-0.4, -0.2) is 36.1 Å². The highest BCUT2D eigenvalue weighted by atomic mass is 15.2. The summed E-state index contributed by atoms with van der Waals surface area (Å²) in [7, 11) is 2.33. The molecule has 1 N–H and O–H groups in total. The first-order chi connectivity index (χ1) is 8.40. The molecule has 0 heterocycles. The van der Waals surface area contributed by atoms with Gasteiger partial charge in [0, 0.05) is 17.6 Å². The largest absolute Gasteiger partial charge is 0.312 e.